The Bertz CT molecular complexity index is 925. The average Bonchev–Trinajstić information content (AvgIpc) is 3.35. The van der Waals surface area contributed by atoms with E-state index in [-0.39, 0.29) is 17.9 Å². The number of nitrogens with zero attached hydrogens (tertiary/aromatic N) is 3. The van der Waals surface area contributed by atoms with Crippen LogP contribution in [0.15, 0.2) is 54.6 Å². The summed E-state index contributed by atoms with van der Waals surface area (Å²) in [6.07, 6.45) is 4.42. The summed E-state index contributed by atoms with van der Waals surface area (Å²) in [5.41, 5.74) is 2.42. The molecule has 2 heterocycles. The zero-order valence-electron chi connectivity index (χ0n) is 19.6. The van der Waals surface area contributed by atoms with Crippen LogP contribution in [0.2, 0.25) is 0 Å². The first-order valence-electron chi connectivity index (χ1n) is 12.1. The zero-order valence-corrected chi connectivity index (χ0v) is 19.6. The van der Waals surface area contributed by atoms with Gasteiger partial charge in [-0.2, -0.15) is 0 Å². The Morgan fingerprint density at radius 2 is 1.73 bits per heavy atom. The fourth-order valence-corrected chi connectivity index (χ4v) is 4.94. The number of methoxy groups -OCH3 is 1. The fraction of sp³-hybridized carbons (Fsp3) is 0.481. The van der Waals surface area contributed by atoms with Gasteiger partial charge in [-0.3, -0.25) is 14.5 Å². The number of hydrogen-bond donors (Lipinski definition) is 0. The van der Waals surface area contributed by atoms with Gasteiger partial charge in [0.25, 0.3) is 0 Å². The Balaban J connectivity index is 1.22. The standard InChI is InChI=1S/C27H35N3O3/c1-33-24-12-6-11-23(20-24)25-13-7-15-30(25)27(32)21-28-16-18-29(19-17-28)26(31)14-5-10-22-8-3-2-4-9-22/h2-4,6,8-9,11-12,20,25H,5,7,10,13-19,21H2,1H3. The third-order valence-electron chi connectivity index (χ3n) is 6.83. The molecule has 0 saturated carbocycles. The molecule has 2 aromatic rings. The number of piperazine rings is 1. The normalized spacial score (nSPS) is 19.0. The summed E-state index contributed by atoms with van der Waals surface area (Å²) in [4.78, 5) is 31.9. The van der Waals surface area contributed by atoms with Gasteiger partial charge in [-0.15, -0.1) is 0 Å². The highest BCUT2D eigenvalue weighted by atomic mass is 16.5. The van der Waals surface area contributed by atoms with E-state index in [0.29, 0.717) is 26.1 Å². The maximum atomic E-state index is 13.1. The van der Waals surface area contributed by atoms with E-state index in [9.17, 15) is 9.59 Å². The molecule has 2 aromatic carbocycles. The Labute approximate surface area is 197 Å². The Kier molecular flexibility index (Phi) is 8.00. The molecule has 0 spiro atoms. The van der Waals surface area contributed by atoms with E-state index < -0.39 is 0 Å². The van der Waals surface area contributed by atoms with Gasteiger partial charge in [-0.25, -0.2) is 0 Å². The van der Waals surface area contributed by atoms with Crippen LogP contribution in [-0.4, -0.2) is 72.9 Å². The molecule has 1 unspecified atom stereocenters. The van der Waals surface area contributed by atoms with Gasteiger partial charge in [0.2, 0.25) is 11.8 Å². The van der Waals surface area contributed by atoms with Crippen LogP contribution in [0, 0.1) is 0 Å². The Morgan fingerprint density at radius 1 is 0.939 bits per heavy atom. The molecule has 0 aromatic heterocycles. The highest BCUT2D eigenvalue weighted by Crippen LogP contribution is 2.33. The number of ether oxygens (including phenoxy) is 1. The molecule has 1 atom stereocenters. The minimum absolute atomic E-state index is 0.125. The van der Waals surface area contributed by atoms with Crippen LogP contribution < -0.4 is 4.74 Å². The molecule has 2 fully saturated rings. The fourth-order valence-electron chi connectivity index (χ4n) is 4.94. The number of hydrogen-bond acceptors (Lipinski definition) is 4. The van der Waals surface area contributed by atoms with Crippen LogP contribution >= 0.6 is 0 Å². The second-order valence-electron chi connectivity index (χ2n) is 9.02. The van der Waals surface area contributed by atoms with Crippen molar-refractivity contribution in [3.05, 3.63) is 65.7 Å². The molecule has 0 N–H and O–H groups in total. The van der Waals surface area contributed by atoms with Crippen molar-refractivity contribution in [1.82, 2.24) is 14.7 Å². The third kappa shape index (κ3) is 6.14. The summed E-state index contributed by atoms with van der Waals surface area (Å²) in [7, 11) is 1.67. The summed E-state index contributed by atoms with van der Waals surface area (Å²) < 4.78 is 5.36. The molecule has 33 heavy (non-hydrogen) atoms. The van der Waals surface area contributed by atoms with Gasteiger partial charge in [0.1, 0.15) is 5.75 Å². The van der Waals surface area contributed by atoms with Gasteiger partial charge in [0.15, 0.2) is 0 Å². The monoisotopic (exact) mass is 449 g/mol. The van der Waals surface area contributed by atoms with E-state index in [4.69, 9.17) is 4.74 Å². The van der Waals surface area contributed by atoms with Gasteiger partial charge < -0.3 is 14.5 Å². The lowest BCUT2D eigenvalue weighted by Crippen LogP contribution is -2.51. The van der Waals surface area contributed by atoms with E-state index in [1.165, 1.54) is 5.56 Å². The summed E-state index contributed by atoms with van der Waals surface area (Å²) in [5, 5.41) is 0. The van der Waals surface area contributed by atoms with Gasteiger partial charge in [0, 0.05) is 39.1 Å². The van der Waals surface area contributed by atoms with Crippen molar-refractivity contribution in [2.45, 2.75) is 38.1 Å². The van der Waals surface area contributed by atoms with Crippen molar-refractivity contribution in [2.24, 2.45) is 0 Å². The molecule has 176 valence electrons. The van der Waals surface area contributed by atoms with Crippen molar-refractivity contribution in [2.75, 3.05) is 46.4 Å². The van der Waals surface area contributed by atoms with Crippen LogP contribution in [0.25, 0.3) is 0 Å². The minimum atomic E-state index is 0.125. The number of carbonyl (C=O) groups is 2. The third-order valence-corrected chi connectivity index (χ3v) is 6.83. The van der Waals surface area contributed by atoms with E-state index in [1.54, 1.807) is 7.11 Å². The molecule has 0 aliphatic carbocycles. The summed E-state index contributed by atoms with van der Waals surface area (Å²) >= 11 is 0. The maximum Gasteiger partial charge on any atom is 0.237 e. The number of carbonyl (C=O) groups excluding carboxylic acids is 2. The second kappa shape index (κ2) is 11.3. The van der Waals surface area contributed by atoms with E-state index in [1.807, 2.05) is 46.2 Å². The molecule has 0 bridgehead atoms. The molecule has 6 nitrogen and oxygen atoms in total. The zero-order chi connectivity index (χ0) is 23.0. The van der Waals surface area contributed by atoms with Crippen molar-refractivity contribution in [3.8, 4) is 5.75 Å². The van der Waals surface area contributed by atoms with E-state index in [0.717, 1.165) is 56.6 Å². The molecule has 6 heteroatoms. The number of likely N-dealkylation sites (tertiary alicyclic amines) is 1. The minimum Gasteiger partial charge on any atom is -0.497 e. The quantitative estimate of drug-likeness (QED) is 0.619. The van der Waals surface area contributed by atoms with Crippen LogP contribution in [0.3, 0.4) is 0 Å². The second-order valence-corrected chi connectivity index (χ2v) is 9.02. The largest absolute Gasteiger partial charge is 0.497 e. The Morgan fingerprint density at radius 3 is 2.48 bits per heavy atom. The summed E-state index contributed by atoms with van der Waals surface area (Å²) in [5.74, 6) is 1.24. The molecule has 2 saturated heterocycles. The summed E-state index contributed by atoms with van der Waals surface area (Å²) in [6, 6.07) is 18.5. The van der Waals surface area contributed by atoms with Crippen molar-refractivity contribution in [1.29, 1.82) is 0 Å². The van der Waals surface area contributed by atoms with Crippen molar-refractivity contribution >= 4 is 11.8 Å². The first-order valence-corrected chi connectivity index (χ1v) is 12.1. The lowest BCUT2D eigenvalue weighted by atomic mass is 10.0. The first kappa shape index (κ1) is 23.3. The predicted octanol–water partition coefficient (Wildman–Crippen LogP) is 3.53. The molecule has 0 radical (unpaired) electrons. The number of amides is 2. The van der Waals surface area contributed by atoms with Crippen LogP contribution in [0.4, 0.5) is 0 Å². The molecule has 2 aliphatic heterocycles. The SMILES string of the molecule is COc1cccc(C2CCCN2C(=O)CN2CCN(C(=O)CCCc3ccccc3)CC2)c1. The van der Waals surface area contributed by atoms with Crippen LogP contribution in [0.1, 0.15) is 42.9 Å². The molecule has 2 aliphatic rings. The lowest BCUT2D eigenvalue weighted by molar-refractivity contribution is -0.135. The first-order chi connectivity index (χ1) is 16.1. The van der Waals surface area contributed by atoms with Crippen molar-refractivity contribution < 1.29 is 14.3 Å². The maximum absolute atomic E-state index is 13.1. The molecule has 4 rings (SSSR count). The topological polar surface area (TPSA) is 53.1 Å². The smallest absolute Gasteiger partial charge is 0.237 e. The molecular weight excluding hydrogens is 414 g/mol. The highest BCUT2D eigenvalue weighted by molar-refractivity contribution is 5.79. The van der Waals surface area contributed by atoms with Crippen LogP contribution in [-0.2, 0) is 16.0 Å². The average molecular weight is 450 g/mol. The molecular formula is C27H35N3O3. The highest BCUT2D eigenvalue weighted by Gasteiger charge is 2.31. The molecule has 2 amide bonds. The van der Waals surface area contributed by atoms with Crippen molar-refractivity contribution in [3.63, 3.8) is 0 Å². The van der Waals surface area contributed by atoms with E-state index >= 15 is 0 Å². The summed E-state index contributed by atoms with van der Waals surface area (Å²) in [6.45, 7) is 4.16. The number of aryl methyl sites for hydroxylation is 1. The predicted molar refractivity (Wildman–Crippen MR) is 129 cm³/mol. The van der Waals surface area contributed by atoms with E-state index in [2.05, 4.69) is 23.1 Å². The Hall–Kier alpha value is -2.86. The van der Waals surface area contributed by atoms with Gasteiger partial charge >= 0.3 is 0 Å². The lowest BCUT2D eigenvalue weighted by Gasteiger charge is -2.36. The number of benzene rings is 2. The van der Waals surface area contributed by atoms with Gasteiger partial charge in [-0.1, -0.05) is 42.5 Å². The van der Waals surface area contributed by atoms with Gasteiger partial charge in [-0.05, 0) is 48.9 Å². The van der Waals surface area contributed by atoms with Crippen LogP contribution in [0.5, 0.6) is 5.75 Å². The number of rotatable bonds is 8. The van der Waals surface area contributed by atoms with Gasteiger partial charge in [0.05, 0.1) is 19.7 Å².